The minimum Gasteiger partial charge on any atom is -0.469 e. The largest absolute Gasteiger partial charge is 0.469 e. The summed E-state index contributed by atoms with van der Waals surface area (Å²) in [5.41, 5.74) is 1.10. The molecule has 0 aromatic heterocycles. The summed E-state index contributed by atoms with van der Waals surface area (Å²) in [5, 5.41) is 1.16. The lowest BCUT2D eigenvalue weighted by molar-refractivity contribution is -0.140. The first-order chi connectivity index (χ1) is 15.8. The number of ether oxygens (including phenoxy) is 1. The number of hydrogen-bond acceptors (Lipinski definition) is 5. The molecule has 0 saturated carbocycles. The van der Waals surface area contributed by atoms with Crippen LogP contribution in [-0.2, 0) is 26.1 Å². The number of nitrogens with one attached hydrogen (secondary N) is 1. The molecule has 33 heavy (non-hydrogen) atoms. The minimum absolute atomic E-state index is 0.0664. The van der Waals surface area contributed by atoms with Gasteiger partial charge in [0.15, 0.2) is 0 Å². The lowest BCUT2D eigenvalue weighted by Crippen LogP contribution is -2.37. The Morgan fingerprint density at radius 2 is 1.76 bits per heavy atom. The number of carbonyl (C=O) groups is 1. The number of esters is 1. The molecular weight excluding hydrogens is 483 g/mol. The molecule has 1 fully saturated rings. The van der Waals surface area contributed by atoms with Gasteiger partial charge in [-0.15, -0.1) is 0 Å². The molecule has 178 valence electrons. The van der Waals surface area contributed by atoms with Crippen LogP contribution in [0.4, 0.5) is 0 Å². The third kappa shape index (κ3) is 7.83. The minimum atomic E-state index is -3.66. The third-order valence-electron chi connectivity index (χ3n) is 5.53. The molecule has 0 radical (unpaired) electrons. The summed E-state index contributed by atoms with van der Waals surface area (Å²) >= 11 is 11.9. The van der Waals surface area contributed by atoms with Gasteiger partial charge in [-0.3, -0.25) is 9.69 Å². The fraction of sp³-hybridized carbons (Fsp3) is 0.375. The SMILES string of the molecule is COC(=O)CCC/C=C\C1CC(NS(=O)(=O)c2ccc(Cl)cc2)CN1Cc1ccc(Cl)cc1. The highest BCUT2D eigenvalue weighted by molar-refractivity contribution is 7.89. The average Bonchev–Trinajstić information content (AvgIpc) is 3.15. The Morgan fingerprint density at radius 3 is 2.39 bits per heavy atom. The van der Waals surface area contributed by atoms with E-state index < -0.39 is 10.0 Å². The molecule has 0 amide bonds. The molecule has 0 bridgehead atoms. The Balaban J connectivity index is 1.68. The van der Waals surface area contributed by atoms with E-state index in [9.17, 15) is 13.2 Å². The predicted molar refractivity (Wildman–Crippen MR) is 131 cm³/mol. The number of sulfonamides is 1. The van der Waals surface area contributed by atoms with Gasteiger partial charge in [-0.2, -0.15) is 0 Å². The molecule has 2 aromatic carbocycles. The Hall–Kier alpha value is -1.90. The summed E-state index contributed by atoms with van der Waals surface area (Å²) in [5.74, 6) is -0.217. The normalized spacial score (nSPS) is 19.2. The van der Waals surface area contributed by atoms with Crippen molar-refractivity contribution < 1.29 is 17.9 Å². The maximum atomic E-state index is 12.9. The van der Waals surface area contributed by atoms with Crippen LogP contribution in [0.1, 0.15) is 31.2 Å². The maximum Gasteiger partial charge on any atom is 0.305 e. The third-order valence-corrected chi connectivity index (χ3v) is 7.57. The second kappa shape index (κ2) is 12.0. The lowest BCUT2D eigenvalue weighted by atomic mass is 10.1. The number of hydrogen-bond donors (Lipinski definition) is 1. The lowest BCUT2D eigenvalue weighted by Gasteiger charge is -2.22. The van der Waals surface area contributed by atoms with Crippen molar-refractivity contribution >= 4 is 39.2 Å². The molecule has 2 aromatic rings. The summed E-state index contributed by atoms with van der Waals surface area (Å²) in [7, 11) is -2.27. The summed E-state index contributed by atoms with van der Waals surface area (Å²) in [4.78, 5) is 13.7. The topological polar surface area (TPSA) is 75.7 Å². The van der Waals surface area contributed by atoms with Crippen LogP contribution in [0.3, 0.4) is 0 Å². The van der Waals surface area contributed by atoms with Crippen molar-refractivity contribution in [3.8, 4) is 0 Å². The van der Waals surface area contributed by atoms with Gasteiger partial charge in [-0.25, -0.2) is 13.1 Å². The highest BCUT2D eigenvalue weighted by atomic mass is 35.5. The van der Waals surface area contributed by atoms with Crippen LogP contribution in [0.25, 0.3) is 0 Å². The van der Waals surface area contributed by atoms with Gasteiger partial charge in [0.05, 0.1) is 12.0 Å². The summed E-state index contributed by atoms with van der Waals surface area (Å²) in [6, 6.07) is 13.6. The van der Waals surface area contributed by atoms with Crippen LogP contribution < -0.4 is 4.72 Å². The second-order valence-electron chi connectivity index (χ2n) is 8.03. The molecule has 1 heterocycles. The molecule has 0 spiro atoms. The van der Waals surface area contributed by atoms with Gasteiger partial charge < -0.3 is 4.74 Å². The standard InChI is InChI=1S/C24H28Cl2N2O4S/c1-32-24(29)6-4-2-3-5-22-15-21(17-28(22)16-18-7-9-19(25)10-8-18)27-33(30,31)23-13-11-20(26)12-14-23/h3,5,7-14,21-22,27H,2,4,6,15-17H2,1H3/b5-3-. The van der Waals surface area contributed by atoms with Crippen molar-refractivity contribution in [1.29, 1.82) is 0 Å². The van der Waals surface area contributed by atoms with E-state index in [1.165, 1.54) is 19.2 Å². The van der Waals surface area contributed by atoms with Crippen LogP contribution in [0.2, 0.25) is 10.0 Å². The molecule has 0 aliphatic carbocycles. The molecule has 1 saturated heterocycles. The Labute approximate surface area is 205 Å². The van der Waals surface area contributed by atoms with E-state index in [0.717, 1.165) is 12.0 Å². The van der Waals surface area contributed by atoms with Crippen molar-refractivity contribution in [3.63, 3.8) is 0 Å². The number of allylic oxidation sites excluding steroid dienone is 1. The number of likely N-dealkylation sites (tertiary alicyclic amines) is 1. The second-order valence-corrected chi connectivity index (χ2v) is 10.6. The highest BCUT2D eigenvalue weighted by Gasteiger charge is 2.33. The molecule has 3 rings (SSSR count). The van der Waals surface area contributed by atoms with Crippen molar-refractivity contribution in [1.82, 2.24) is 9.62 Å². The predicted octanol–water partition coefficient (Wildman–Crippen LogP) is 4.81. The van der Waals surface area contributed by atoms with Gasteiger partial charge in [0.2, 0.25) is 10.0 Å². The smallest absolute Gasteiger partial charge is 0.305 e. The Bertz CT molecular complexity index is 1060. The first kappa shape index (κ1) is 25.7. The number of nitrogens with zero attached hydrogens (tertiary/aromatic N) is 1. The monoisotopic (exact) mass is 510 g/mol. The molecule has 1 aliphatic heterocycles. The molecular formula is C24H28Cl2N2O4S. The average molecular weight is 511 g/mol. The van der Waals surface area contributed by atoms with Crippen LogP contribution in [0.15, 0.2) is 65.6 Å². The van der Waals surface area contributed by atoms with Crippen LogP contribution >= 0.6 is 23.2 Å². The van der Waals surface area contributed by atoms with Gasteiger partial charge in [-0.05, 0) is 61.2 Å². The maximum absolute atomic E-state index is 12.9. The van der Waals surface area contributed by atoms with Crippen LogP contribution in [0.5, 0.6) is 0 Å². The van der Waals surface area contributed by atoms with Crippen LogP contribution in [0, 0.1) is 0 Å². The first-order valence-electron chi connectivity index (χ1n) is 10.8. The van der Waals surface area contributed by atoms with E-state index in [1.54, 1.807) is 12.1 Å². The summed E-state index contributed by atoms with van der Waals surface area (Å²) in [6.07, 6.45) is 6.64. The van der Waals surface area contributed by atoms with E-state index in [4.69, 9.17) is 23.2 Å². The summed E-state index contributed by atoms with van der Waals surface area (Å²) in [6.45, 7) is 1.25. The Kier molecular flexibility index (Phi) is 9.35. The zero-order chi connectivity index (χ0) is 23.8. The van der Waals surface area contributed by atoms with E-state index in [0.29, 0.717) is 42.4 Å². The number of halogens is 2. The van der Waals surface area contributed by atoms with Gasteiger partial charge in [-0.1, -0.05) is 47.5 Å². The van der Waals surface area contributed by atoms with Crippen molar-refractivity contribution in [2.75, 3.05) is 13.7 Å². The van der Waals surface area contributed by atoms with Gasteiger partial charge >= 0.3 is 5.97 Å². The zero-order valence-corrected chi connectivity index (χ0v) is 20.7. The number of carbonyl (C=O) groups excluding carboxylic acids is 1. The number of benzene rings is 2. The summed E-state index contributed by atoms with van der Waals surface area (Å²) < 4.78 is 33.2. The van der Waals surface area contributed by atoms with Gasteiger partial charge in [0.1, 0.15) is 0 Å². The van der Waals surface area contributed by atoms with Crippen molar-refractivity contribution in [2.45, 2.75) is 49.2 Å². The van der Waals surface area contributed by atoms with E-state index >= 15 is 0 Å². The molecule has 2 unspecified atom stereocenters. The van der Waals surface area contributed by atoms with Gasteiger partial charge in [0.25, 0.3) is 0 Å². The van der Waals surface area contributed by atoms with Crippen molar-refractivity contribution in [2.24, 2.45) is 0 Å². The van der Waals surface area contributed by atoms with Crippen molar-refractivity contribution in [3.05, 3.63) is 76.3 Å². The molecule has 1 aliphatic rings. The fourth-order valence-corrected chi connectivity index (χ4v) is 5.34. The number of rotatable bonds is 10. The Morgan fingerprint density at radius 1 is 1.12 bits per heavy atom. The van der Waals surface area contributed by atoms with E-state index in [-0.39, 0.29) is 22.9 Å². The quantitative estimate of drug-likeness (QED) is 0.282. The van der Waals surface area contributed by atoms with Crippen LogP contribution in [-0.4, -0.2) is 45.0 Å². The molecule has 1 N–H and O–H groups in total. The zero-order valence-electron chi connectivity index (χ0n) is 18.4. The van der Waals surface area contributed by atoms with E-state index in [2.05, 4.69) is 26.5 Å². The van der Waals surface area contributed by atoms with Gasteiger partial charge in [0, 0.05) is 41.6 Å². The highest BCUT2D eigenvalue weighted by Crippen LogP contribution is 2.24. The molecule has 9 heteroatoms. The fourth-order valence-electron chi connectivity index (χ4n) is 3.85. The molecule has 6 nitrogen and oxygen atoms in total. The first-order valence-corrected chi connectivity index (χ1v) is 13.0. The molecule has 2 atom stereocenters. The number of unbranched alkanes of at least 4 members (excludes halogenated alkanes) is 1. The number of methoxy groups -OCH3 is 1. The van der Waals surface area contributed by atoms with E-state index in [1.807, 2.05) is 24.3 Å².